The predicted octanol–water partition coefficient (Wildman–Crippen LogP) is 4.25. The predicted molar refractivity (Wildman–Crippen MR) is 113 cm³/mol. The third kappa shape index (κ3) is 4.85. The molecule has 6 nitrogen and oxygen atoms in total. The Hall–Kier alpha value is -1.64. The van der Waals surface area contributed by atoms with Crippen molar-refractivity contribution in [2.24, 2.45) is 5.92 Å². The number of halogens is 1. The lowest BCUT2D eigenvalue weighted by Crippen LogP contribution is -2.46. The van der Waals surface area contributed by atoms with Gasteiger partial charge in [0.1, 0.15) is 18.1 Å². The standard InChI is InChI=1S/C20H27BrNO5Si/c1-7-26-20(24)14-10-22(17(12(2)3)11-27-28(5)6)16-9-18(25-4)15(21)8-13(16)19(14)23/h8-10,12,17H,7,11H2,1-6H3/q+1/p+1/t17-/m1/s1. The number of aromatic nitrogens is 1. The van der Waals surface area contributed by atoms with Gasteiger partial charge < -0.3 is 14.6 Å². The lowest BCUT2D eigenvalue weighted by Gasteiger charge is -2.18. The molecule has 0 amide bonds. The fourth-order valence-electron chi connectivity index (χ4n) is 3.00. The Bertz CT molecular complexity index is 856. The van der Waals surface area contributed by atoms with Crippen molar-refractivity contribution in [2.45, 2.75) is 39.9 Å². The Morgan fingerprint density at radius 2 is 2.00 bits per heavy atom. The number of rotatable bonds is 8. The molecule has 1 aromatic heterocycles. The zero-order valence-electron chi connectivity index (χ0n) is 17.2. The Labute approximate surface area is 176 Å². The van der Waals surface area contributed by atoms with E-state index in [0.717, 1.165) is 5.52 Å². The summed E-state index contributed by atoms with van der Waals surface area (Å²) in [5.74, 6) is 0.224. The van der Waals surface area contributed by atoms with Crippen molar-refractivity contribution in [2.75, 3.05) is 20.3 Å². The molecule has 0 saturated carbocycles. The van der Waals surface area contributed by atoms with Gasteiger partial charge in [-0.05, 0) is 28.9 Å². The van der Waals surface area contributed by atoms with E-state index in [1.807, 2.05) is 10.6 Å². The monoisotopic (exact) mass is 469 g/mol. The molecule has 0 spiro atoms. The molecule has 1 heterocycles. The van der Waals surface area contributed by atoms with Gasteiger partial charge >= 0.3 is 15.0 Å². The number of carbonyl (C=O) groups is 1. The smallest absolute Gasteiger partial charge is 0.467 e. The highest BCUT2D eigenvalue weighted by atomic mass is 79.9. The molecule has 0 unspecified atom stereocenters. The van der Waals surface area contributed by atoms with Crippen LogP contribution in [0.25, 0.3) is 10.9 Å². The summed E-state index contributed by atoms with van der Waals surface area (Å²) in [4.78, 5) is 12.5. The van der Waals surface area contributed by atoms with E-state index in [4.69, 9.17) is 13.9 Å². The summed E-state index contributed by atoms with van der Waals surface area (Å²) in [6.45, 7) is 10.9. The third-order valence-corrected chi connectivity index (χ3v) is 5.86. The fraction of sp³-hybridized carbons (Fsp3) is 0.500. The maximum atomic E-state index is 12.5. The van der Waals surface area contributed by atoms with Crippen molar-refractivity contribution in [3.05, 3.63) is 28.4 Å². The van der Waals surface area contributed by atoms with Gasteiger partial charge in [0.2, 0.25) is 5.52 Å². The number of esters is 1. The van der Waals surface area contributed by atoms with Crippen LogP contribution in [0.15, 0.2) is 22.8 Å². The molecule has 2 aromatic rings. The van der Waals surface area contributed by atoms with Crippen molar-refractivity contribution >= 4 is 41.8 Å². The fourth-order valence-corrected chi connectivity index (χ4v) is 4.01. The summed E-state index contributed by atoms with van der Waals surface area (Å²) in [6.07, 6.45) is 1.66. The van der Waals surface area contributed by atoms with E-state index in [9.17, 15) is 9.90 Å². The van der Waals surface area contributed by atoms with E-state index >= 15 is 0 Å². The molecule has 1 atom stereocenters. The minimum atomic E-state index is -0.871. The molecule has 0 aliphatic heterocycles. The zero-order valence-corrected chi connectivity index (χ0v) is 19.8. The highest BCUT2D eigenvalue weighted by Crippen LogP contribution is 2.35. The summed E-state index contributed by atoms with van der Waals surface area (Å²) in [5, 5.41) is 11.3. The van der Waals surface area contributed by atoms with Gasteiger partial charge in [-0.1, -0.05) is 13.8 Å². The zero-order chi connectivity index (χ0) is 21.0. The average molecular weight is 470 g/mol. The summed E-state index contributed by atoms with van der Waals surface area (Å²) < 4.78 is 19.3. The van der Waals surface area contributed by atoms with Crippen LogP contribution < -0.4 is 9.30 Å². The second-order valence-electron chi connectivity index (χ2n) is 7.05. The molecule has 2 rings (SSSR count). The molecular formula is C20H28BrNO5Si+2. The first kappa shape index (κ1) is 22.6. The first-order valence-electron chi connectivity index (χ1n) is 9.25. The van der Waals surface area contributed by atoms with Gasteiger partial charge in [0.25, 0.3) is 0 Å². The van der Waals surface area contributed by atoms with Crippen molar-refractivity contribution in [3.8, 4) is 11.5 Å². The van der Waals surface area contributed by atoms with E-state index in [2.05, 4.69) is 42.9 Å². The van der Waals surface area contributed by atoms with E-state index in [1.165, 1.54) is 0 Å². The van der Waals surface area contributed by atoms with Crippen LogP contribution in [-0.4, -0.2) is 40.4 Å². The van der Waals surface area contributed by atoms with Crippen LogP contribution in [0.1, 0.15) is 37.2 Å². The number of nitrogens with zero attached hydrogens (tertiary/aromatic N) is 1. The lowest BCUT2D eigenvalue weighted by molar-refractivity contribution is -0.706. The molecule has 0 saturated heterocycles. The van der Waals surface area contributed by atoms with Gasteiger partial charge in [0, 0.05) is 5.92 Å². The Kier molecular flexibility index (Phi) is 7.85. The second-order valence-corrected chi connectivity index (χ2v) is 10.0. The normalized spacial score (nSPS) is 12.3. The van der Waals surface area contributed by atoms with Crippen LogP contribution in [0, 0.1) is 5.92 Å². The highest BCUT2D eigenvalue weighted by Gasteiger charge is 2.33. The number of hydrogen-bond acceptors (Lipinski definition) is 5. The van der Waals surface area contributed by atoms with E-state index < -0.39 is 15.0 Å². The number of aromatic hydroxyl groups is 1. The van der Waals surface area contributed by atoms with Gasteiger partial charge in [-0.3, -0.25) is 0 Å². The molecule has 0 radical (unpaired) electrons. The van der Waals surface area contributed by atoms with Gasteiger partial charge in [-0.2, -0.15) is 4.57 Å². The number of methoxy groups -OCH3 is 1. The molecule has 0 aliphatic rings. The van der Waals surface area contributed by atoms with E-state index in [0.29, 0.717) is 22.2 Å². The number of ether oxygens (including phenoxy) is 2. The molecular weight excluding hydrogens is 442 g/mol. The SMILES string of the molecule is CCOC(=O)c1c[n+]([C@H](CO[Si+](C)C)C(C)C)c2cc(OC)c(Br)cc2c1O. The summed E-state index contributed by atoms with van der Waals surface area (Å²) in [5.41, 5.74) is 0.893. The van der Waals surface area contributed by atoms with Crippen LogP contribution in [0.4, 0.5) is 0 Å². The van der Waals surface area contributed by atoms with Crippen molar-refractivity contribution in [1.29, 1.82) is 0 Å². The maximum Gasteiger partial charge on any atom is 0.467 e. The topological polar surface area (TPSA) is 68.9 Å². The van der Waals surface area contributed by atoms with Gasteiger partial charge in [-0.25, -0.2) is 9.22 Å². The summed E-state index contributed by atoms with van der Waals surface area (Å²) in [7, 11) is 0.721. The van der Waals surface area contributed by atoms with Gasteiger partial charge in [0.05, 0.1) is 42.7 Å². The molecule has 1 N–H and O–H groups in total. The molecule has 0 bridgehead atoms. The molecule has 0 aliphatic carbocycles. The van der Waals surface area contributed by atoms with Crippen molar-refractivity contribution in [1.82, 2.24) is 0 Å². The van der Waals surface area contributed by atoms with Crippen LogP contribution in [0.2, 0.25) is 13.1 Å². The highest BCUT2D eigenvalue weighted by molar-refractivity contribution is 9.10. The molecule has 28 heavy (non-hydrogen) atoms. The Morgan fingerprint density at radius 1 is 1.32 bits per heavy atom. The average Bonchev–Trinajstić information content (AvgIpc) is 2.63. The van der Waals surface area contributed by atoms with Gasteiger partial charge in [0.15, 0.2) is 17.8 Å². The molecule has 152 valence electrons. The number of benzene rings is 1. The number of hydrogen-bond donors (Lipinski definition) is 1. The molecule has 8 heteroatoms. The quantitative estimate of drug-likeness (QED) is 0.355. The first-order chi connectivity index (χ1) is 13.2. The lowest BCUT2D eigenvalue weighted by atomic mass is 10.0. The van der Waals surface area contributed by atoms with Crippen LogP contribution in [-0.2, 0) is 9.16 Å². The molecule has 1 aromatic carbocycles. The summed E-state index contributed by atoms with van der Waals surface area (Å²) in [6, 6.07) is 3.59. The summed E-state index contributed by atoms with van der Waals surface area (Å²) >= 11 is 3.46. The molecule has 0 fully saturated rings. The Balaban J connectivity index is 2.78. The number of fused-ring (bicyclic) bond motifs is 1. The van der Waals surface area contributed by atoms with Crippen LogP contribution in [0.5, 0.6) is 11.5 Å². The maximum absolute atomic E-state index is 12.5. The van der Waals surface area contributed by atoms with Crippen molar-refractivity contribution in [3.63, 3.8) is 0 Å². The van der Waals surface area contributed by atoms with Crippen LogP contribution >= 0.6 is 15.9 Å². The van der Waals surface area contributed by atoms with Gasteiger partial charge in [-0.15, -0.1) is 0 Å². The van der Waals surface area contributed by atoms with E-state index in [1.54, 1.807) is 26.3 Å². The largest absolute Gasteiger partial charge is 0.506 e. The third-order valence-electron chi connectivity index (χ3n) is 4.49. The minimum Gasteiger partial charge on any atom is -0.506 e. The number of pyridine rings is 1. The first-order valence-corrected chi connectivity index (χ1v) is 12.5. The Morgan fingerprint density at radius 3 is 2.54 bits per heavy atom. The van der Waals surface area contributed by atoms with E-state index in [-0.39, 0.29) is 29.9 Å². The second kappa shape index (κ2) is 9.71. The number of carbonyl (C=O) groups excluding carboxylic acids is 1. The van der Waals surface area contributed by atoms with Crippen molar-refractivity contribution < 1.29 is 28.4 Å². The van der Waals surface area contributed by atoms with Crippen LogP contribution in [0.3, 0.4) is 0 Å². The minimum absolute atomic E-state index is 0.0259.